The van der Waals surface area contributed by atoms with Gasteiger partial charge in [0, 0.05) is 16.3 Å². The predicted molar refractivity (Wildman–Crippen MR) is 107 cm³/mol. The summed E-state index contributed by atoms with van der Waals surface area (Å²) >= 11 is 11.0. The van der Waals surface area contributed by atoms with Crippen LogP contribution >= 0.6 is 23.8 Å². The van der Waals surface area contributed by atoms with Gasteiger partial charge in [-0.1, -0.05) is 29.3 Å². The molecule has 0 aliphatic heterocycles. The minimum absolute atomic E-state index is 0.110. The number of nitrogens with one attached hydrogen (secondary N) is 3. The number of carbonyl (C=O) groups is 1. The molecule has 1 aromatic heterocycles. The molecule has 10 heteroatoms. The van der Waals surface area contributed by atoms with Gasteiger partial charge in [-0.25, -0.2) is 0 Å². The van der Waals surface area contributed by atoms with Gasteiger partial charge in [-0.15, -0.1) is 10.2 Å². The van der Waals surface area contributed by atoms with Gasteiger partial charge in [0.25, 0.3) is 5.91 Å². The summed E-state index contributed by atoms with van der Waals surface area (Å²) in [7, 11) is 0. The lowest BCUT2D eigenvalue weighted by atomic mass is 10.2. The summed E-state index contributed by atoms with van der Waals surface area (Å²) in [5.41, 5.74) is 7.83. The fraction of sp³-hybridized carbons (Fsp3) is 0.118. The van der Waals surface area contributed by atoms with Gasteiger partial charge in [0.05, 0.1) is 0 Å². The normalized spacial score (nSPS) is 10.3. The number of thiocarbonyl (C=S) groups is 1. The average Bonchev–Trinajstić information content (AvgIpc) is 3.11. The van der Waals surface area contributed by atoms with Crippen molar-refractivity contribution in [3.05, 3.63) is 59.1 Å². The van der Waals surface area contributed by atoms with Gasteiger partial charge >= 0.3 is 0 Å². The summed E-state index contributed by atoms with van der Waals surface area (Å²) in [4.78, 5) is 13.2. The van der Waals surface area contributed by atoms with Crippen LogP contribution in [0.3, 0.4) is 0 Å². The first-order chi connectivity index (χ1) is 13.0. The van der Waals surface area contributed by atoms with E-state index in [1.807, 2.05) is 31.2 Å². The van der Waals surface area contributed by atoms with Crippen molar-refractivity contribution >= 4 is 40.5 Å². The molecule has 0 radical (unpaired) electrons. The second-order valence-electron chi connectivity index (χ2n) is 5.64. The first-order valence-corrected chi connectivity index (χ1v) is 8.74. The van der Waals surface area contributed by atoms with Crippen molar-refractivity contribution in [1.82, 2.24) is 31.1 Å². The third-order valence-electron chi connectivity index (χ3n) is 3.47. The van der Waals surface area contributed by atoms with Crippen LogP contribution in [-0.4, -0.2) is 31.2 Å². The summed E-state index contributed by atoms with van der Waals surface area (Å²) in [5, 5.41) is 15.8. The van der Waals surface area contributed by atoms with Crippen molar-refractivity contribution in [1.29, 1.82) is 0 Å². The number of anilines is 1. The SMILES string of the molecule is Cc1ccc(NC(=S)NNC(=O)Cn2nnc(-c3ccc(Cl)cc3)n2)cc1. The van der Waals surface area contributed by atoms with E-state index in [0.717, 1.165) is 16.8 Å². The molecule has 2 aromatic carbocycles. The van der Waals surface area contributed by atoms with Crippen LogP contribution in [-0.2, 0) is 11.3 Å². The number of benzene rings is 2. The van der Waals surface area contributed by atoms with Crippen molar-refractivity contribution in [3.63, 3.8) is 0 Å². The number of hydrogen-bond acceptors (Lipinski definition) is 5. The Morgan fingerprint density at radius 1 is 1.11 bits per heavy atom. The molecule has 138 valence electrons. The zero-order chi connectivity index (χ0) is 19.2. The van der Waals surface area contributed by atoms with Gasteiger partial charge in [-0.2, -0.15) is 4.80 Å². The molecular weight excluding hydrogens is 386 g/mol. The van der Waals surface area contributed by atoms with E-state index >= 15 is 0 Å². The summed E-state index contributed by atoms with van der Waals surface area (Å²) in [6.07, 6.45) is 0. The number of halogens is 1. The van der Waals surface area contributed by atoms with Crippen LogP contribution in [0.15, 0.2) is 48.5 Å². The van der Waals surface area contributed by atoms with E-state index in [4.69, 9.17) is 23.8 Å². The molecule has 0 fully saturated rings. The van der Waals surface area contributed by atoms with Crippen LogP contribution in [0.4, 0.5) is 5.69 Å². The van der Waals surface area contributed by atoms with Crippen LogP contribution in [0.2, 0.25) is 5.02 Å². The first kappa shape index (κ1) is 18.7. The first-order valence-electron chi connectivity index (χ1n) is 7.96. The molecule has 0 aliphatic rings. The molecule has 0 bridgehead atoms. The molecule has 3 N–H and O–H groups in total. The fourth-order valence-electron chi connectivity index (χ4n) is 2.12. The Labute approximate surface area is 165 Å². The van der Waals surface area contributed by atoms with Crippen LogP contribution in [0.1, 0.15) is 5.56 Å². The van der Waals surface area contributed by atoms with E-state index in [2.05, 4.69) is 31.6 Å². The molecule has 0 unspecified atom stereocenters. The Balaban J connectivity index is 1.48. The van der Waals surface area contributed by atoms with Crippen LogP contribution < -0.4 is 16.2 Å². The Bertz CT molecular complexity index is 941. The van der Waals surface area contributed by atoms with Crippen molar-refractivity contribution < 1.29 is 4.79 Å². The Kier molecular flexibility index (Phi) is 5.94. The minimum atomic E-state index is -0.372. The van der Waals surface area contributed by atoms with Gasteiger partial charge in [0.1, 0.15) is 6.54 Å². The van der Waals surface area contributed by atoms with Gasteiger partial charge in [-0.05, 0) is 60.8 Å². The Hall–Kier alpha value is -3.04. The molecule has 0 aliphatic carbocycles. The highest BCUT2D eigenvalue weighted by Crippen LogP contribution is 2.16. The molecular formula is C17H16ClN7OS. The third-order valence-corrected chi connectivity index (χ3v) is 3.92. The fourth-order valence-corrected chi connectivity index (χ4v) is 2.41. The number of nitrogens with zero attached hydrogens (tertiary/aromatic N) is 4. The Morgan fingerprint density at radius 2 is 1.81 bits per heavy atom. The lowest BCUT2D eigenvalue weighted by Crippen LogP contribution is -2.45. The standard InChI is InChI=1S/C17H16ClN7OS/c1-11-2-8-14(9-3-11)19-17(27)22-20-15(26)10-25-23-16(21-24-25)12-4-6-13(18)7-5-12/h2-9H,10H2,1H3,(H,20,26)(H2,19,22,27). The summed E-state index contributed by atoms with van der Waals surface area (Å²) in [6, 6.07) is 14.7. The Morgan fingerprint density at radius 3 is 2.52 bits per heavy atom. The highest BCUT2D eigenvalue weighted by atomic mass is 35.5. The molecule has 8 nitrogen and oxygen atoms in total. The minimum Gasteiger partial charge on any atom is -0.331 e. The zero-order valence-corrected chi connectivity index (χ0v) is 15.9. The van der Waals surface area contributed by atoms with Crippen molar-refractivity contribution in [3.8, 4) is 11.4 Å². The van der Waals surface area contributed by atoms with E-state index in [9.17, 15) is 4.79 Å². The molecule has 0 spiro atoms. The number of amides is 1. The molecule has 0 saturated heterocycles. The van der Waals surface area contributed by atoms with E-state index in [0.29, 0.717) is 10.8 Å². The van der Waals surface area contributed by atoms with Crippen LogP contribution in [0, 0.1) is 6.92 Å². The van der Waals surface area contributed by atoms with E-state index < -0.39 is 0 Å². The molecule has 3 aromatic rings. The van der Waals surface area contributed by atoms with Gasteiger partial charge in [-0.3, -0.25) is 15.6 Å². The molecule has 0 atom stereocenters. The number of aryl methyl sites for hydroxylation is 1. The lowest BCUT2D eigenvalue weighted by Gasteiger charge is -2.11. The second kappa shape index (κ2) is 8.56. The number of tetrazole rings is 1. The number of aromatic nitrogens is 4. The lowest BCUT2D eigenvalue weighted by molar-refractivity contribution is -0.122. The summed E-state index contributed by atoms with van der Waals surface area (Å²) in [5.74, 6) is 0.0343. The molecule has 3 rings (SSSR count). The van der Waals surface area contributed by atoms with E-state index in [1.54, 1.807) is 24.3 Å². The molecule has 1 amide bonds. The van der Waals surface area contributed by atoms with Crippen LogP contribution in [0.5, 0.6) is 0 Å². The highest BCUT2D eigenvalue weighted by Gasteiger charge is 2.09. The van der Waals surface area contributed by atoms with Gasteiger partial charge in [0.15, 0.2) is 5.11 Å². The van der Waals surface area contributed by atoms with Crippen molar-refractivity contribution in [2.45, 2.75) is 13.5 Å². The third kappa shape index (κ3) is 5.47. The topological polar surface area (TPSA) is 96.8 Å². The quantitative estimate of drug-likeness (QED) is 0.456. The maximum atomic E-state index is 12.0. The largest absolute Gasteiger partial charge is 0.331 e. The van der Waals surface area contributed by atoms with E-state index in [1.165, 1.54) is 4.80 Å². The molecule has 1 heterocycles. The number of rotatable bonds is 4. The monoisotopic (exact) mass is 401 g/mol. The summed E-state index contributed by atoms with van der Waals surface area (Å²) in [6.45, 7) is 1.89. The van der Waals surface area contributed by atoms with Crippen molar-refractivity contribution in [2.24, 2.45) is 0 Å². The maximum absolute atomic E-state index is 12.0. The zero-order valence-electron chi connectivity index (χ0n) is 14.3. The predicted octanol–water partition coefficient (Wildman–Crippen LogP) is 2.32. The molecule has 27 heavy (non-hydrogen) atoms. The van der Waals surface area contributed by atoms with Gasteiger partial charge < -0.3 is 5.32 Å². The van der Waals surface area contributed by atoms with E-state index in [-0.39, 0.29) is 17.6 Å². The maximum Gasteiger partial charge on any atom is 0.262 e. The number of hydrazine groups is 1. The van der Waals surface area contributed by atoms with Gasteiger partial charge in [0.2, 0.25) is 5.82 Å². The number of hydrogen-bond donors (Lipinski definition) is 3. The van der Waals surface area contributed by atoms with Crippen molar-refractivity contribution in [2.75, 3.05) is 5.32 Å². The highest BCUT2D eigenvalue weighted by molar-refractivity contribution is 7.80. The summed E-state index contributed by atoms with van der Waals surface area (Å²) < 4.78 is 0. The van der Waals surface area contributed by atoms with Crippen LogP contribution in [0.25, 0.3) is 11.4 Å². The average molecular weight is 402 g/mol. The number of carbonyl (C=O) groups excluding carboxylic acids is 1. The smallest absolute Gasteiger partial charge is 0.262 e. The second-order valence-corrected chi connectivity index (χ2v) is 6.49. The molecule has 0 saturated carbocycles.